The molecule has 0 aromatic heterocycles. The van der Waals surface area contributed by atoms with Gasteiger partial charge in [-0.25, -0.2) is 13.0 Å². The van der Waals surface area contributed by atoms with E-state index >= 15 is 0 Å². The molecule has 0 spiro atoms. The molecule has 1 aliphatic rings. The highest BCUT2D eigenvalue weighted by Gasteiger charge is 2.24. The highest BCUT2D eigenvalue weighted by Crippen LogP contribution is 2.12. The molecule has 0 saturated heterocycles. The van der Waals surface area contributed by atoms with Gasteiger partial charge in [0.15, 0.2) is 16.4 Å². The minimum absolute atomic E-state index is 0.272. The summed E-state index contributed by atoms with van der Waals surface area (Å²) in [4.78, 5) is 0. The molecule has 3 nitrogen and oxygen atoms in total. The third kappa shape index (κ3) is 3.40. The zero-order valence-corrected chi connectivity index (χ0v) is 10.1. The van der Waals surface area contributed by atoms with Crippen LogP contribution in [0.3, 0.4) is 0 Å². The zero-order chi connectivity index (χ0) is 10.8. The van der Waals surface area contributed by atoms with Crippen molar-refractivity contribution in [1.29, 1.82) is 0 Å². The first-order valence-electron chi connectivity index (χ1n) is 5.17. The average molecular weight is 218 g/mol. The van der Waals surface area contributed by atoms with Crippen LogP contribution in [0.1, 0.15) is 33.1 Å². The van der Waals surface area contributed by atoms with Gasteiger partial charge in [-0.05, 0) is 13.3 Å². The number of rotatable bonds is 3. The fourth-order valence-corrected chi connectivity index (χ4v) is 2.53. The standard InChI is InChI=1S/C10H20NO2S/c1-9-5-4-6-10(2)11(9)7-8-14(3,12)13/h9H,4-8H2,1-3H3/q+1/t9-/m0/s1. The molecule has 0 N–H and O–H groups in total. The maximum Gasteiger partial charge on any atom is 0.157 e. The monoisotopic (exact) mass is 218 g/mol. The molecule has 0 fully saturated rings. The van der Waals surface area contributed by atoms with Gasteiger partial charge in [-0.3, -0.25) is 0 Å². The predicted molar refractivity (Wildman–Crippen MR) is 58.8 cm³/mol. The Morgan fingerprint density at radius 1 is 1.50 bits per heavy atom. The summed E-state index contributed by atoms with van der Waals surface area (Å²) in [5, 5.41) is 0. The highest BCUT2D eigenvalue weighted by molar-refractivity contribution is 7.90. The normalized spacial score (nSPS) is 24.1. The minimum Gasteiger partial charge on any atom is -0.234 e. The van der Waals surface area contributed by atoms with Crippen LogP contribution in [-0.2, 0) is 9.84 Å². The van der Waals surface area contributed by atoms with Gasteiger partial charge in [0.05, 0.1) is 0 Å². The lowest BCUT2D eigenvalue weighted by atomic mass is 10.0. The summed E-state index contributed by atoms with van der Waals surface area (Å²) < 4.78 is 24.3. The lowest BCUT2D eigenvalue weighted by molar-refractivity contribution is -0.564. The van der Waals surface area contributed by atoms with Crippen molar-refractivity contribution in [2.75, 3.05) is 18.6 Å². The van der Waals surface area contributed by atoms with Crippen molar-refractivity contribution >= 4 is 15.5 Å². The lowest BCUT2D eigenvalue weighted by Crippen LogP contribution is -2.35. The maximum absolute atomic E-state index is 11.1. The molecule has 1 rings (SSSR count). The Balaban J connectivity index is 2.66. The van der Waals surface area contributed by atoms with Crippen molar-refractivity contribution < 1.29 is 13.0 Å². The predicted octanol–water partition coefficient (Wildman–Crippen LogP) is 1.08. The fourth-order valence-electron chi connectivity index (χ4n) is 2.00. The van der Waals surface area contributed by atoms with Crippen LogP contribution in [-0.4, -0.2) is 43.3 Å². The second kappa shape index (κ2) is 4.43. The summed E-state index contributed by atoms with van der Waals surface area (Å²) in [5.41, 5.74) is 1.34. The molecule has 1 aliphatic heterocycles. The molecule has 0 unspecified atom stereocenters. The summed E-state index contributed by atoms with van der Waals surface area (Å²) in [7, 11) is -2.83. The van der Waals surface area contributed by atoms with Crippen LogP contribution in [0.2, 0.25) is 0 Å². The van der Waals surface area contributed by atoms with Crippen LogP contribution in [0, 0.1) is 0 Å². The Kier molecular flexibility index (Phi) is 3.70. The highest BCUT2D eigenvalue weighted by atomic mass is 32.2. The molecule has 0 aliphatic carbocycles. The van der Waals surface area contributed by atoms with E-state index < -0.39 is 9.84 Å². The smallest absolute Gasteiger partial charge is 0.157 e. The van der Waals surface area contributed by atoms with Gasteiger partial charge in [0, 0.05) is 26.0 Å². The van der Waals surface area contributed by atoms with Gasteiger partial charge >= 0.3 is 0 Å². The number of hydrogen-bond donors (Lipinski definition) is 0. The third-order valence-corrected chi connectivity index (χ3v) is 3.81. The summed E-state index contributed by atoms with van der Waals surface area (Å²) in [6.45, 7) is 4.94. The molecule has 0 radical (unpaired) electrons. The van der Waals surface area contributed by atoms with E-state index in [0.29, 0.717) is 12.6 Å². The largest absolute Gasteiger partial charge is 0.234 e. The molecule has 1 atom stereocenters. The zero-order valence-electron chi connectivity index (χ0n) is 9.28. The summed E-state index contributed by atoms with van der Waals surface area (Å²) in [6, 6.07) is 0.505. The van der Waals surface area contributed by atoms with E-state index in [9.17, 15) is 8.42 Å². The molecule has 0 aromatic rings. The number of sulfone groups is 1. The Morgan fingerprint density at radius 2 is 2.14 bits per heavy atom. The van der Waals surface area contributed by atoms with Crippen LogP contribution in [0.5, 0.6) is 0 Å². The Morgan fingerprint density at radius 3 is 2.64 bits per heavy atom. The first-order chi connectivity index (χ1) is 6.40. The van der Waals surface area contributed by atoms with E-state index in [4.69, 9.17) is 0 Å². The fraction of sp³-hybridized carbons (Fsp3) is 0.900. The summed E-state index contributed by atoms with van der Waals surface area (Å²) in [6.07, 6.45) is 4.84. The molecule has 0 aromatic carbocycles. The van der Waals surface area contributed by atoms with Crippen LogP contribution in [0.4, 0.5) is 0 Å². The Bertz CT molecular complexity index is 330. The lowest BCUT2D eigenvalue weighted by Gasteiger charge is -2.18. The van der Waals surface area contributed by atoms with Crippen LogP contribution < -0.4 is 0 Å². The third-order valence-electron chi connectivity index (χ3n) is 2.89. The number of nitrogens with zero attached hydrogens (tertiary/aromatic N) is 1. The SMILES string of the molecule is CC1=[N+](CCS(C)(=O)=O)[C@@H](C)CCC1. The topological polar surface area (TPSA) is 37.1 Å². The van der Waals surface area contributed by atoms with Gasteiger partial charge in [0.1, 0.15) is 17.5 Å². The van der Waals surface area contributed by atoms with Gasteiger partial charge in [-0.2, -0.15) is 0 Å². The molecule has 0 saturated carbocycles. The molecule has 82 valence electrons. The molecule has 1 heterocycles. The van der Waals surface area contributed by atoms with E-state index in [0.717, 1.165) is 6.42 Å². The first-order valence-corrected chi connectivity index (χ1v) is 7.23. The van der Waals surface area contributed by atoms with Crippen LogP contribution >= 0.6 is 0 Å². The van der Waals surface area contributed by atoms with Crippen LogP contribution in [0.15, 0.2) is 0 Å². The quantitative estimate of drug-likeness (QED) is 0.665. The van der Waals surface area contributed by atoms with Crippen molar-refractivity contribution in [2.24, 2.45) is 0 Å². The number of hydrogen-bond acceptors (Lipinski definition) is 2. The van der Waals surface area contributed by atoms with Gasteiger partial charge < -0.3 is 0 Å². The summed E-state index contributed by atoms with van der Waals surface area (Å²) >= 11 is 0. The second-order valence-corrected chi connectivity index (χ2v) is 6.56. The van der Waals surface area contributed by atoms with Gasteiger partial charge in [0.25, 0.3) is 0 Å². The molecule has 4 heteroatoms. The van der Waals surface area contributed by atoms with Gasteiger partial charge in [-0.15, -0.1) is 0 Å². The molecule has 14 heavy (non-hydrogen) atoms. The van der Waals surface area contributed by atoms with E-state index in [1.165, 1.54) is 24.8 Å². The van der Waals surface area contributed by atoms with Crippen molar-refractivity contribution in [2.45, 2.75) is 39.2 Å². The second-order valence-electron chi connectivity index (χ2n) is 4.30. The maximum atomic E-state index is 11.1. The molecule has 0 bridgehead atoms. The average Bonchev–Trinajstić information content (AvgIpc) is 2.01. The van der Waals surface area contributed by atoms with E-state index in [2.05, 4.69) is 18.4 Å². The van der Waals surface area contributed by atoms with Crippen molar-refractivity contribution in [3.8, 4) is 0 Å². The van der Waals surface area contributed by atoms with E-state index in [-0.39, 0.29) is 5.75 Å². The molecular formula is C10H20NO2S+. The minimum atomic E-state index is -2.83. The van der Waals surface area contributed by atoms with Gasteiger partial charge in [0.2, 0.25) is 0 Å². The van der Waals surface area contributed by atoms with Crippen molar-refractivity contribution in [3.63, 3.8) is 0 Å². The van der Waals surface area contributed by atoms with E-state index in [1.807, 2.05) is 0 Å². The van der Waals surface area contributed by atoms with Crippen molar-refractivity contribution in [3.05, 3.63) is 0 Å². The first kappa shape index (κ1) is 11.7. The van der Waals surface area contributed by atoms with Gasteiger partial charge in [-0.1, -0.05) is 0 Å². The van der Waals surface area contributed by atoms with E-state index in [1.54, 1.807) is 0 Å². The summed E-state index contributed by atoms with van der Waals surface area (Å²) in [5.74, 6) is 0.272. The molecule has 0 amide bonds. The Labute approximate surface area is 86.7 Å². The van der Waals surface area contributed by atoms with Crippen LogP contribution in [0.25, 0.3) is 0 Å². The molecular weight excluding hydrogens is 198 g/mol. The Hall–Kier alpha value is -0.380. The van der Waals surface area contributed by atoms with Crippen molar-refractivity contribution in [1.82, 2.24) is 0 Å².